The van der Waals surface area contributed by atoms with Gasteiger partial charge >= 0.3 is 0 Å². The van der Waals surface area contributed by atoms with Crippen molar-refractivity contribution in [3.05, 3.63) is 41.9 Å². The SMILES string of the molecule is NC(=O)c1cnn(-c2ccc(C3OCCO3)cn2)c1. The topological polar surface area (TPSA) is 92.3 Å². The molecule has 0 radical (unpaired) electrons. The minimum Gasteiger partial charge on any atom is -0.366 e. The Morgan fingerprint density at radius 2 is 2.11 bits per heavy atom. The number of nitrogens with two attached hydrogens (primary N) is 1. The van der Waals surface area contributed by atoms with Crippen molar-refractivity contribution in [2.45, 2.75) is 6.29 Å². The van der Waals surface area contributed by atoms with E-state index in [1.807, 2.05) is 6.07 Å². The zero-order valence-corrected chi connectivity index (χ0v) is 10.0. The average Bonchev–Trinajstić information content (AvgIpc) is 3.11. The summed E-state index contributed by atoms with van der Waals surface area (Å²) >= 11 is 0. The molecule has 0 bridgehead atoms. The molecule has 2 N–H and O–H groups in total. The van der Waals surface area contributed by atoms with E-state index in [2.05, 4.69) is 10.1 Å². The Labute approximate surface area is 108 Å². The first-order valence-electron chi connectivity index (χ1n) is 5.78. The van der Waals surface area contributed by atoms with Crippen LogP contribution in [0.5, 0.6) is 0 Å². The van der Waals surface area contributed by atoms with Crippen molar-refractivity contribution in [1.82, 2.24) is 14.8 Å². The highest BCUT2D eigenvalue weighted by molar-refractivity contribution is 5.92. The Kier molecular flexibility index (Phi) is 2.98. The van der Waals surface area contributed by atoms with Crippen LogP contribution in [0.2, 0.25) is 0 Å². The molecule has 1 aliphatic rings. The predicted octanol–water partition coefficient (Wildman–Crippen LogP) is 0.412. The van der Waals surface area contributed by atoms with E-state index in [0.717, 1.165) is 5.56 Å². The van der Waals surface area contributed by atoms with Gasteiger partial charge in [-0.15, -0.1) is 0 Å². The van der Waals surface area contributed by atoms with Crippen molar-refractivity contribution in [1.29, 1.82) is 0 Å². The second-order valence-corrected chi connectivity index (χ2v) is 4.06. The molecule has 1 aliphatic heterocycles. The van der Waals surface area contributed by atoms with Crippen LogP contribution in [0, 0.1) is 0 Å². The third-order valence-corrected chi connectivity index (χ3v) is 2.77. The Morgan fingerprint density at radius 1 is 1.32 bits per heavy atom. The third kappa shape index (κ3) is 2.33. The number of hydrogen-bond donors (Lipinski definition) is 1. The maximum atomic E-state index is 11.0. The van der Waals surface area contributed by atoms with Crippen molar-refractivity contribution in [2.24, 2.45) is 5.73 Å². The normalized spacial score (nSPS) is 15.8. The fourth-order valence-corrected chi connectivity index (χ4v) is 1.80. The molecule has 0 saturated carbocycles. The highest BCUT2D eigenvalue weighted by atomic mass is 16.7. The van der Waals surface area contributed by atoms with Crippen molar-refractivity contribution in [3.8, 4) is 5.82 Å². The molecule has 3 heterocycles. The number of carbonyl (C=O) groups is 1. The van der Waals surface area contributed by atoms with Gasteiger partial charge in [-0.2, -0.15) is 5.10 Å². The minimum atomic E-state index is -0.518. The predicted molar refractivity (Wildman–Crippen MR) is 64.5 cm³/mol. The molecule has 1 saturated heterocycles. The molecule has 2 aromatic rings. The molecule has 2 aromatic heterocycles. The number of pyridine rings is 1. The summed E-state index contributed by atoms with van der Waals surface area (Å²) in [5.74, 6) is 0.0740. The van der Waals surface area contributed by atoms with E-state index in [-0.39, 0.29) is 6.29 Å². The Hall–Kier alpha value is -2.25. The van der Waals surface area contributed by atoms with Crippen LogP contribution in [0.4, 0.5) is 0 Å². The third-order valence-electron chi connectivity index (χ3n) is 2.77. The monoisotopic (exact) mass is 260 g/mol. The number of carbonyl (C=O) groups excluding carboxylic acids is 1. The van der Waals surface area contributed by atoms with E-state index in [1.54, 1.807) is 12.3 Å². The van der Waals surface area contributed by atoms with Gasteiger partial charge in [0.1, 0.15) is 0 Å². The van der Waals surface area contributed by atoms with Gasteiger partial charge in [-0.3, -0.25) is 4.79 Å². The molecule has 7 nitrogen and oxygen atoms in total. The standard InChI is InChI=1S/C12H12N4O3/c13-11(17)9-6-15-16(7-9)10-2-1-8(5-14-10)12-18-3-4-19-12/h1-2,5-7,12H,3-4H2,(H2,13,17). The quantitative estimate of drug-likeness (QED) is 0.863. The number of rotatable bonds is 3. The van der Waals surface area contributed by atoms with Crippen molar-refractivity contribution in [2.75, 3.05) is 13.2 Å². The van der Waals surface area contributed by atoms with Gasteiger partial charge < -0.3 is 15.2 Å². The van der Waals surface area contributed by atoms with Crippen LogP contribution in [0.15, 0.2) is 30.7 Å². The molecule has 1 amide bonds. The van der Waals surface area contributed by atoms with Gasteiger partial charge in [0.15, 0.2) is 12.1 Å². The fourth-order valence-electron chi connectivity index (χ4n) is 1.80. The molecule has 98 valence electrons. The smallest absolute Gasteiger partial charge is 0.251 e. The zero-order chi connectivity index (χ0) is 13.2. The van der Waals surface area contributed by atoms with Crippen LogP contribution in [0.25, 0.3) is 5.82 Å². The Morgan fingerprint density at radius 3 is 2.68 bits per heavy atom. The van der Waals surface area contributed by atoms with E-state index in [1.165, 1.54) is 17.1 Å². The summed E-state index contributed by atoms with van der Waals surface area (Å²) in [7, 11) is 0. The summed E-state index contributed by atoms with van der Waals surface area (Å²) in [5.41, 5.74) is 6.36. The van der Waals surface area contributed by atoms with E-state index in [4.69, 9.17) is 15.2 Å². The van der Waals surface area contributed by atoms with Gasteiger partial charge in [0.25, 0.3) is 5.91 Å². The van der Waals surface area contributed by atoms with E-state index < -0.39 is 5.91 Å². The van der Waals surface area contributed by atoms with Crippen LogP contribution in [0.1, 0.15) is 22.2 Å². The number of amides is 1. The summed E-state index contributed by atoms with van der Waals surface area (Å²) in [5, 5.41) is 4.03. The lowest BCUT2D eigenvalue weighted by molar-refractivity contribution is -0.0443. The molecular formula is C12H12N4O3. The number of ether oxygens (including phenoxy) is 2. The molecule has 3 rings (SSSR count). The first-order chi connectivity index (χ1) is 9.24. The highest BCUT2D eigenvalue weighted by Crippen LogP contribution is 2.22. The van der Waals surface area contributed by atoms with Gasteiger partial charge in [0.05, 0.1) is 25.0 Å². The first-order valence-corrected chi connectivity index (χ1v) is 5.78. The van der Waals surface area contributed by atoms with E-state index in [0.29, 0.717) is 24.6 Å². The molecule has 0 unspecified atom stereocenters. The van der Waals surface area contributed by atoms with Crippen LogP contribution >= 0.6 is 0 Å². The largest absolute Gasteiger partial charge is 0.366 e. The zero-order valence-electron chi connectivity index (χ0n) is 10.0. The summed E-state index contributed by atoms with van der Waals surface area (Å²) in [6.07, 6.45) is 4.26. The minimum absolute atomic E-state index is 0.341. The summed E-state index contributed by atoms with van der Waals surface area (Å²) in [6.45, 7) is 1.18. The molecule has 7 heteroatoms. The molecule has 0 spiro atoms. The molecule has 19 heavy (non-hydrogen) atoms. The number of aromatic nitrogens is 3. The van der Waals surface area contributed by atoms with Crippen molar-refractivity contribution < 1.29 is 14.3 Å². The first kappa shape index (κ1) is 11.8. The lowest BCUT2D eigenvalue weighted by atomic mass is 10.3. The van der Waals surface area contributed by atoms with Crippen LogP contribution in [0.3, 0.4) is 0 Å². The van der Waals surface area contributed by atoms with E-state index in [9.17, 15) is 4.79 Å². The molecule has 0 atom stereocenters. The van der Waals surface area contributed by atoms with Crippen LogP contribution in [-0.4, -0.2) is 33.9 Å². The second kappa shape index (κ2) is 4.79. The number of primary amides is 1. The highest BCUT2D eigenvalue weighted by Gasteiger charge is 2.18. The fraction of sp³-hybridized carbons (Fsp3) is 0.250. The van der Waals surface area contributed by atoms with Gasteiger partial charge in [0.2, 0.25) is 0 Å². The maximum Gasteiger partial charge on any atom is 0.251 e. The van der Waals surface area contributed by atoms with Crippen molar-refractivity contribution in [3.63, 3.8) is 0 Å². The van der Waals surface area contributed by atoms with Crippen molar-refractivity contribution >= 4 is 5.91 Å². The van der Waals surface area contributed by atoms with Gasteiger partial charge in [-0.25, -0.2) is 9.67 Å². The summed E-state index contributed by atoms with van der Waals surface area (Å²) in [6, 6.07) is 3.63. The molecule has 0 aromatic carbocycles. The van der Waals surface area contributed by atoms with Gasteiger partial charge in [-0.1, -0.05) is 0 Å². The van der Waals surface area contributed by atoms with Crippen LogP contribution < -0.4 is 5.73 Å². The summed E-state index contributed by atoms with van der Waals surface area (Å²) in [4.78, 5) is 15.2. The number of hydrogen-bond acceptors (Lipinski definition) is 5. The lowest BCUT2D eigenvalue weighted by Gasteiger charge is -2.09. The average molecular weight is 260 g/mol. The maximum absolute atomic E-state index is 11.0. The van der Waals surface area contributed by atoms with Gasteiger partial charge in [0, 0.05) is 18.0 Å². The molecular weight excluding hydrogens is 248 g/mol. The summed E-state index contributed by atoms with van der Waals surface area (Å²) < 4.78 is 12.2. The number of nitrogens with zero attached hydrogens (tertiary/aromatic N) is 3. The Bertz CT molecular complexity index is 587. The lowest BCUT2D eigenvalue weighted by Crippen LogP contribution is -2.09. The molecule has 0 aliphatic carbocycles. The Balaban J connectivity index is 1.82. The van der Waals surface area contributed by atoms with Crippen LogP contribution in [-0.2, 0) is 9.47 Å². The van der Waals surface area contributed by atoms with Gasteiger partial charge in [-0.05, 0) is 12.1 Å². The molecule has 1 fully saturated rings. The van der Waals surface area contributed by atoms with E-state index >= 15 is 0 Å². The second-order valence-electron chi connectivity index (χ2n) is 4.06.